The van der Waals surface area contributed by atoms with Gasteiger partial charge in [-0.2, -0.15) is 0 Å². The molecule has 0 saturated carbocycles. The lowest BCUT2D eigenvalue weighted by Crippen LogP contribution is -2.34. The number of methoxy groups -OCH3 is 1. The second kappa shape index (κ2) is 8.39. The van der Waals surface area contributed by atoms with Crippen molar-refractivity contribution in [3.05, 3.63) is 35.4 Å². The fourth-order valence-electron chi connectivity index (χ4n) is 2.03. The minimum Gasteiger partial charge on any atom is -0.497 e. The summed E-state index contributed by atoms with van der Waals surface area (Å²) in [6.07, 6.45) is 1.23. The van der Waals surface area contributed by atoms with Crippen molar-refractivity contribution in [3.8, 4) is 5.75 Å². The van der Waals surface area contributed by atoms with Crippen LogP contribution in [0.5, 0.6) is 5.75 Å². The minimum atomic E-state index is -0.534. The number of amides is 2. The summed E-state index contributed by atoms with van der Waals surface area (Å²) in [4.78, 5) is 36.9. The van der Waals surface area contributed by atoms with Crippen LogP contribution in [0.3, 0.4) is 0 Å². The second-order valence-electron chi connectivity index (χ2n) is 4.78. The number of carbonyl (C=O) groups is 3. The molecule has 128 valence electrons. The first-order chi connectivity index (χ1) is 11.5. The number of rotatable bonds is 6. The van der Waals surface area contributed by atoms with Crippen LogP contribution in [0.25, 0.3) is 0 Å². The molecule has 1 N–H and O–H groups in total. The highest BCUT2D eigenvalue weighted by atomic mass is 32.2. The van der Waals surface area contributed by atoms with Crippen molar-refractivity contribution in [1.82, 2.24) is 4.90 Å². The molecule has 8 heteroatoms. The molecule has 2 rings (SSSR count). The Labute approximate surface area is 144 Å². The molecule has 1 fully saturated rings. The summed E-state index contributed by atoms with van der Waals surface area (Å²) in [5.41, 5.74) is 0.564. The van der Waals surface area contributed by atoms with Gasteiger partial charge in [-0.3, -0.25) is 14.5 Å². The van der Waals surface area contributed by atoms with Gasteiger partial charge in [0, 0.05) is 11.8 Å². The highest BCUT2D eigenvalue weighted by Gasteiger charge is 2.29. The van der Waals surface area contributed by atoms with E-state index in [0.717, 1.165) is 0 Å². The predicted molar refractivity (Wildman–Crippen MR) is 90.5 cm³/mol. The van der Waals surface area contributed by atoms with E-state index in [1.807, 2.05) is 0 Å². The Morgan fingerprint density at radius 3 is 2.92 bits per heavy atom. The third-order valence-corrected chi connectivity index (χ3v) is 4.12. The third-order valence-electron chi connectivity index (χ3n) is 3.09. The summed E-state index contributed by atoms with van der Waals surface area (Å²) in [6, 6.07) is 6.90. The number of esters is 1. The van der Waals surface area contributed by atoms with E-state index < -0.39 is 5.97 Å². The fraction of sp³-hybridized carbons (Fsp3) is 0.312. The number of hydrogen-bond acceptors (Lipinski definition) is 6. The summed E-state index contributed by atoms with van der Waals surface area (Å²) in [6.45, 7) is 1.77. The lowest BCUT2D eigenvalue weighted by molar-refractivity contribution is -0.137. The lowest BCUT2D eigenvalue weighted by atomic mass is 10.3. The number of thioether (sulfide) groups is 1. The summed E-state index contributed by atoms with van der Waals surface area (Å²) in [5, 5.41) is 3.11. The Morgan fingerprint density at radius 1 is 1.42 bits per heavy atom. The molecule has 1 aromatic rings. The van der Waals surface area contributed by atoms with Crippen LogP contribution in [0.4, 0.5) is 5.69 Å². The Balaban J connectivity index is 2.02. The SMILES string of the molecule is CCOC(=O)C=C1SCC(=O)N1CC(=O)Nc1cccc(OC)c1. The van der Waals surface area contributed by atoms with E-state index >= 15 is 0 Å². The van der Waals surface area contributed by atoms with Gasteiger partial charge in [0.25, 0.3) is 0 Å². The number of nitrogens with zero attached hydrogens (tertiary/aromatic N) is 1. The van der Waals surface area contributed by atoms with E-state index in [0.29, 0.717) is 16.5 Å². The smallest absolute Gasteiger partial charge is 0.333 e. The van der Waals surface area contributed by atoms with Crippen LogP contribution in [0.15, 0.2) is 35.4 Å². The molecule has 0 atom stereocenters. The third kappa shape index (κ3) is 4.76. The molecular weight excluding hydrogens is 332 g/mol. The highest BCUT2D eigenvalue weighted by Crippen LogP contribution is 2.28. The van der Waals surface area contributed by atoms with E-state index in [9.17, 15) is 14.4 Å². The Hall–Kier alpha value is -2.48. The average Bonchev–Trinajstić information content (AvgIpc) is 2.88. The molecule has 2 amide bonds. The number of ether oxygens (including phenoxy) is 2. The largest absolute Gasteiger partial charge is 0.497 e. The minimum absolute atomic E-state index is 0.172. The molecule has 0 aromatic heterocycles. The van der Waals surface area contributed by atoms with Crippen LogP contribution >= 0.6 is 11.8 Å². The van der Waals surface area contributed by atoms with Gasteiger partial charge in [-0.1, -0.05) is 17.8 Å². The maximum atomic E-state index is 12.2. The van der Waals surface area contributed by atoms with Gasteiger partial charge in [0.1, 0.15) is 12.3 Å². The van der Waals surface area contributed by atoms with Crippen molar-refractivity contribution in [2.24, 2.45) is 0 Å². The first kappa shape index (κ1) is 17.9. The van der Waals surface area contributed by atoms with Gasteiger partial charge in [-0.25, -0.2) is 4.79 Å². The molecule has 1 aliphatic heterocycles. The number of hydrogen-bond donors (Lipinski definition) is 1. The van der Waals surface area contributed by atoms with Gasteiger partial charge in [-0.05, 0) is 19.1 Å². The maximum Gasteiger partial charge on any atom is 0.333 e. The van der Waals surface area contributed by atoms with Crippen molar-refractivity contribution in [3.63, 3.8) is 0 Å². The fourth-order valence-corrected chi connectivity index (χ4v) is 2.96. The first-order valence-corrected chi connectivity index (χ1v) is 8.27. The average molecular weight is 350 g/mol. The zero-order valence-corrected chi connectivity index (χ0v) is 14.2. The zero-order valence-electron chi connectivity index (χ0n) is 13.4. The topological polar surface area (TPSA) is 84.9 Å². The normalized spacial score (nSPS) is 15.5. The molecule has 7 nitrogen and oxygen atoms in total. The Kier molecular flexibility index (Phi) is 6.25. The van der Waals surface area contributed by atoms with Crippen LogP contribution in [0, 0.1) is 0 Å². The van der Waals surface area contributed by atoms with E-state index in [1.54, 1.807) is 31.2 Å². The van der Waals surface area contributed by atoms with Crippen molar-refractivity contribution < 1.29 is 23.9 Å². The van der Waals surface area contributed by atoms with Gasteiger partial charge < -0.3 is 14.8 Å². The number of nitrogens with one attached hydrogen (secondary N) is 1. The van der Waals surface area contributed by atoms with Crippen LogP contribution in [0.1, 0.15) is 6.92 Å². The molecular formula is C16H18N2O5S. The van der Waals surface area contributed by atoms with E-state index in [4.69, 9.17) is 9.47 Å². The number of anilines is 1. The van der Waals surface area contributed by atoms with Crippen molar-refractivity contribution in [2.75, 3.05) is 31.3 Å². The van der Waals surface area contributed by atoms with E-state index in [1.165, 1.54) is 29.8 Å². The first-order valence-electron chi connectivity index (χ1n) is 7.29. The molecule has 1 aliphatic rings. The van der Waals surface area contributed by atoms with Crippen LogP contribution in [-0.2, 0) is 19.1 Å². The molecule has 0 aliphatic carbocycles. The molecule has 0 radical (unpaired) electrons. The Morgan fingerprint density at radius 2 is 2.21 bits per heavy atom. The zero-order chi connectivity index (χ0) is 17.5. The molecule has 1 aromatic carbocycles. The van der Waals surface area contributed by atoms with Gasteiger partial charge >= 0.3 is 5.97 Å². The van der Waals surface area contributed by atoms with Crippen molar-refractivity contribution >= 4 is 35.2 Å². The molecule has 1 heterocycles. The van der Waals surface area contributed by atoms with Gasteiger partial charge in [0.2, 0.25) is 11.8 Å². The summed E-state index contributed by atoms with van der Waals surface area (Å²) in [5.74, 6) is -0.320. The molecule has 24 heavy (non-hydrogen) atoms. The molecule has 0 unspecified atom stereocenters. The van der Waals surface area contributed by atoms with Crippen molar-refractivity contribution in [1.29, 1.82) is 0 Å². The van der Waals surface area contributed by atoms with Gasteiger partial charge in [0.15, 0.2) is 0 Å². The monoisotopic (exact) mass is 350 g/mol. The van der Waals surface area contributed by atoms with Gasteiger partial charge in [-0.15, -0.1) is 0 Å². The maximum absolute atomic E-state index is 12.2. The van der Waals surface area contributed by atoms with E-state index in [2.05, 4.69) is 5.32 Å². The number of benzene rings is 1. The molecule has 0 bridgehead atoms. The number of carbonyl (C=O) groups excluding carboxylic acids is 3. The van der Waals surface area contributed by atoms with Crippen LogP contribution in [0.2, 0.25) is 0 Å². The lowest BCUT2D eigenvalue weighted by Gasteiger charge is -2.16. The van der Waals surface area contributed by atoms with Gasteiger partial charge in [0.05, 0.1) is 30.6 Å². The highest BCUT2D eigenvalue weighted by molar-refractivity contribution is 8.04. The van der Waals surface area contributed by atoms with E-state index in [-0.39, 0.29) is 30.7 Å². The summed E-state index contributed by atoms with van der Waals surface area (Å²) < 4.78 is 9.92. The standard InChI is InChI=1S/C16H18N2O5S/c1-3-23-16(21)8-15-18(14(20)10-24-15)9-13(19)17-11-5-4-6-12(7-11)22-2/h4-8H,3,9-10H2,1-2H3,(H,17,19). The van der Waals surface area contributed by atoms with Crippen LogP contribution in [-0.4, -0.2) is 48.7 Å². The Bertz CT molecular complexity index is 674. The predicted octanol–water partition coefficient (Wildman–Crippen LogP) is 1.61. The molecule has 1 saturated heterocycles. The van der Waals surface area contributed by atoms with Crippen LogP contribution < -0.4 is 10.1 Å². The second-order valence-corrected chi connectivity index (χ2v) is 5.78. The van der Waals surface area contributed by atoms with Crippen molar-refractivity contribution in [2.45, 2.75) is 6.92 Å². The summed E-state index contributed by atoms with van der Waals surface area (Å²) in [7, 11) is 1.54. The molecule has 0 spiro atoms. The quantitative estimate of drug-likeness (QED) is 0.620. The summed E-state index contributed by atoms with van der Waals surface area (Å²) >= 11 is 1.20.